The molecular formula is C17H20N2O2. The number of rotatable bonds is 6. The van der Waals surface area contributed by atoms with Crippen molar-refractivity contribution in [1.82, 2.24) is 0 Å². The Morgan fingerprint density at radius 3 is 2.52 bits per heavy atom. The van der Waals surface area contributed by atoms with Crippen LogP contribution in [0.5, 0.6) is 5.75 Å². The van der Waals surface area contributed by atoms with Crippen molar-refractivity contribution in [3.63, 3.8) is 0 Å². The van der Waals surface area contributed by atoms with E-state index in [9.17, 15) is 4.79 Å². The molecule has 0 bridgehead atoms. The van der Waals surface area contributed by atoms with Gasteiger partial charge in [0.2, 0.25) is 5.91 Å². The van der Waals surface area contributed by atoms with Gasteiger partial charge >= 0.3 is 0 Å². The van der Waals surface area contributed by atoms with Crippen LogP contribution in [-0.2, 0) is 6.42 Å². The minimum absolute atomic E-state index is 0.377. The van der Waals surface area contributed by atoms with E-state index in [1.165, 1.54) is 0 Å². The number of benzene rings is 2. The van der Waals surface area contributed by atoms with Crippen molar-refractivity contribution in [2.75, 3.05) is 19.0 Å². The number of carbonyl (C=O) groups is 1. The lowest BCUT2D eigenvalue weighted by molar-refractivity contribution is 0.0999. The number of primary amides is 1. The van der Waals surface area contributed by atoms with E-state index in [0.717, 1.165) is 35.5 Å². The van der Waals surface area contributed by atoms with Crippen molar-refractivity contribution >= 4 is 11.6 Å². The molecule has 0 aromatic heterocycles. The van der Waals surface area contributed by atoms with Crippen LogP contribution in [0, 0.1) is 6.92 Å². The molecule has 1 amide bonds. The van der Waals surface area contributed by atoms with Crippen LogP contribution in [-0.4, -0.2) is 19.6 Å². The van der Waals surface area contributed by atoms with E-state index in [2.05, 4.69) is 5.32 Å². The summed E-state index contributed by atoms with van der Waals surface area (Å²) in [6.07, 6.45) is 0.832. The van der Waals surface area contributed by atoms with Crippen LogP contribution in [0.2, 0.25) is 0 Å². The number of nitrogens with two attached hydrogens (primary N) is 1. The summed E-state index contributed by atoms with van der Waals surface area (Å²) >= 11 is 0. The van der Waals surface area contributed by atoms with Gasteiger partial charge in [0.05, 0.1) is 7.11 Å². The summed E-state index contributed by atoms with van der Waals surface area (Å²) in [6, 6.07) is 13.4. The van der Waals surface area contributed by atoms with Gasteiger partial charge < -0.3 is 15.8 Å². The Morgan fingerprint density at radius 1 is 1.19 bits per heavy atom. The maximum Gasteiger partial charge on any atom is 0.248 e. The van der Waals surface area contributed by atoms with Crippen LogP contribution in [0.25, 0.3) is 0 Å². The molecule has 0 heterocycles. The van der Waals surface area contributed by atoms with Crippen LogP contribution in [0.4, 0.5) is 5.69 Å². The molecule has 4 heteroatoms. The normalized spacial score (nSPS) is 10.2. The second kappa shape index (κ2) is 6.79. The predicted octanol–water partition coefficient (Wildman–Crippen LogP) is 2.76. The first kappa shape index (κ1) is 14.9. The molecule has 2 rings (SSSR count). The standard InChI is InChI=1S/C17H20N2O2/c1-12-13(4-3-5-16(12)17(18)20)10-11-19-14-6-8-15(21-2)9-7-14/h3-9,19H,10-11H2,1-2H3,(H2,18,20). The summed E-state index contributed by atoms with van der Waals surface area (Å²) in [6.45, 7) is 2.72. The fourth-order valence-electron chi connectivity index (χ4n) is 2.27. The molecule has 21 heavy (non-hydrogen) atoms. The highest BCUT2D eigenvalue weighted by molar-refractivity contribution is 5.94. The fraction of sp³-hybridized carbons (Fsp3) is 0.235. The summed E-state index contributed by atoms with van der Waals surface area (Å²) in [5.74, 6) is 0.461. The lowest BCUT2D eigenvalue weighted by atomic mass is 9.99. The van der Waals surface area contributed by atoms with Crippen molar-refractivity contribution in [3.8, 4) is 5.75 Å². The third-order valence-electron chi connectivity index (χ3n) is 3.52. The second-order valence-corrected chi connectivity index (χ2v) is 4.86. The number of carbonyl (C=O) groups excluding carboxylic acids is 1. The van der Waals surface area contributed by atoms with Gasteiger partial charge in [0.15, 0.2) is 0 Å². The molecule has 2 aromatic rings. The summed E-state index contributed by atoms with van der Waals surface area (Å²) in [7, 11) is 1.65. The number of anilines is 1. The average molecular weight is 284 g/mol. The number of ether oxygens (including phenoxy) is 1. The smallest absolute Gasteiger partial charge is 0.248 e. The Balaban J connectivity index is 1.97. The average Bonchev–Trinajstić information content (AvgIpc) is 2.49. The van der Waals surface area contributed by atoms with Crippen LogP contribution < -0.4 is 15.8 Å². The van der Waals surface area contributed by atoms with E-state index >= 15 is 0 Å². The highest BCUT2D eigenvalue weighted by Gasteiger charge is 2.07. The zero-order chi connectivity index (χ0) is 15.2. The molecule has 110 valence electrons. The molecule has 0 aliphatic carbocycles. The Labute approximate surface area is 124 Å². The van der Waals surface area contributed by atoms with E-state index in [1.807, 2.05) is 43.3 Å². The SMILES string of the molecule is COc1ccc(NCCc2cccc(C(N)=O)c2C)cc1. The molecule has 0 saturated carbocycles. The van der Waals surface area contributed by atoms with E-state index in [-0.39, 0.29) is 5.91 Å². The first-order valence-electron chi connectivity index (χ1n) is 6.88. The molecule has 0 atom stereocenters. The van der Waals surface area contributed by atoms with Gasteiger partial charge in [0.1, 0.15) is 5.75 Å². The molecular weight excluding hydrogens is 264 g/mol. The minimum Gasteiger partial charge on any atom is -0.497 e. The van der Waals surface area contributed by atoms with Crippen LogP contribution in [0.3, 0.4) is 0 Å². The summed E-state index contributed by atoms with van der Waals surface area (Å²) in [5.41, 5.74) is 9.09. The molecule has 0 fully saturated rings. The van der Waals surface area contributed by atoms with Crippen molar-refractivity contribution in [2.45, 2.75) is 13.3 Å². The van der Waals surface area contributed by atoms with Gasteiger partial charge in [0, 0.05) is 17.8 Å². The van der Waals surface area contributed by atoms with Gasteiger partial charge in [0.25, 0.3) is 0 Å². The Hall–Kier alpha value is -2.49. The highest BCUT2D eigenvalue weighted by atomic mass is 16.5. The van der Waals surface area contributed by atoms with Crippen molar-refractivity contribution in [3.05, 3.63) is 59.2 Å². The Kier molecular flexibility index (Phi) is 4.82. The van der Waals surface area contributed by atoms with Crippen LogP contribution in [0.15, 0.2) is 42.5 Å². The number of amides is 1. The zero-order valence-corrected chi connectivity index (χ0v) is 12.3. The Bertz CT molecular complexity index is 621. The van der Waals surface area contributed by atoms with Crippen molar-refractivity contribution in [1.29, 1.82) is 0 Å². The van der Waals surface area contributed by atoms with Gasteiger partial charge in [-0.15, -0.1) is 0 Å². The third kappa shape index (κ3) is 3.75. The van der Waals surface area contributed by atoms with Gasteiger partial charge in [-0.05, 0) is 54.8 Å². The molecule has 0 spiro atoms. The van der Waals surface area contributed by atoms with E-state index in [1.54, 1.807) is 13.2 Å². The quantitative estimate of drug-likeness (QED) is 0.857. The lowest BCUT2D eigenvalue weighted by Crippen LogP contribution is -2.14. The van der Waals surface area contributed by atoms with Gasteiger partial charge in [-0.1, -0.05) is 12.1 Å². The van der Waals surface area contributed by atoms with Crippen molar-refractivity contribution in [2.24, 2.45) is 5.73 Å². The minimum atomic E-state index is -0.377. The maximum absolute atomic E-state index is 11.3. The van der Waals surface area contributed by atoms with Gasteiger partial charge in [-0.25, -0.2) is 0 Å². The van der Waals surface area contributed by atoms with E-state index < -0.39 is 0 Å². The van der Waals surface area contributed by atoms with E-state index in [0.29, 0.717) is 5.56 Å². The maximum atomic E-state index is 11.3. The molecule has 0 unspecified atom stereocenters. The molecule has 0 radical (unpaired) electrons. The molecule has 2 aromatic carbocycles. The second-order valence-electron chi connectivity index (χ2n) is 4.86. The predicted molar refractivity (Wildman–Crippen MR) is 84.9 cm³/mol. The van der Waals surface area contributed by atoms with Crippen molar-refractivity contribution < 1.29 is 9.53 Å². The summed E-state index contributed by atoms with van der Waals surface area (Å²) < 4.78 is 5.12. The highest BCUT2D eigenvalue weighted by Crippen LogP contribution is 2.16. The number of hydrogen-bond donors (Lipinski definition) is 2. The molecule has 0 saturated heterocycles. The number of hydrogen-bond acceptors (Lipinski definition) is 3. The van der Waals surface area contributed by atoms with E-state index in [4.69, 9.17) is 10.5 Å². The van der Waals surface area contributed by atoms with Crippen LogP contribution in [0.1, 0.15) is 21.5 Å². The van der Waals surface area contributed by atoms with Crippen LogP contribution >= 0.6 is 0 Å². The largest absolute Gasteiger partial charge is 0.497 e. The van der Waals surface area contributed by atoms with Gasteiger partial charge in [-0.3, -0.25) is 4.79 Å². The molecule has 4 nitrogen and oxygen atoms in total. The fourth-order valence-corrected chi connectivity index (χ4v) is 2.27. The third-order valence-corrected chi connectivity index (χ3v) is 3.52. The van der Waals surface area contributed by atoms with Gasteiger partial charge in [-0.2, -0.15) is 0 Å². The zero-order valence-electron chi connectivity index (χ0n) is 12.3. The molecule has 0 aliphatic rings. The molecule has 0 aliphatic heterocycles. The Morgan fingerprint density at radius 2 is 1.90 bits per heavy atom. The first-order chi connectivity index (χ1) is 10.1. The summed E-state index contributed by atoms with van der Waals surface area (Å²) in [4.78, 5) is 11.3. The molecule has 3 N–H and O–H groups in total. The monoisotopic (exact) mass is 284 g/mol. The topological polar surface area (TPSA) is 64.3 Å². The summed E-state index contributed by atoms with van der Waals surface area (Å²) in [5, 5.41) is 3.35. The lowest BCUT2D eigenvalue weighted by Gasteiger charge is -2.11. The number of methoxy groups -OCH3 is 1. The first-order valence-corrected chi connectivity index (χ1v) is 6.88. The number of nitrogens with one attached hydrogen (secondary N) is 1.